The lowest BCUT2D eigenvalue weighted by molar-refractivity contribution is 0.102. The average molecular weight is 390 g/mol. The number of ether oxygens (including phenoxy) is 1. The molecule has 7 heteroatoms. The first kappa shape index (κ1) is 17.8. The van der Waals surface area contributed by atoms with Crippen LogP contribution in [0.1, 0.15) is 34.7 Å². The third kappa shape index (κ3) is 3.23. The van der Waals surface area contributed by atoms with Crippen LogP contribution >= 0.6 is 0 Å². The summed E-state index contributed by atoms with van der Waals surface area (Å²) in [6.07, 6.45) is 3.75. The molecule has 0 bridgehead atoms. The van der Waals surface area contributed by atoms with Crippen LogP contribution in [0.4, 0.5) is 5.95 Å². The van der Waals surface area contributed by atoms with E-state index in [1.54, 1.807) is 31.6 Å². The zero-order chi connectivity index (χ0) is 19.8. The molecule has 5 rings (SSSR count). The molecule has 1 fully saturated rings. The maximum atomic E-state index is 12.8. The second kappa shape index (κ2) is 7.25. The number of aromatic amines is 1. The number of amides is 1. The standard InChI is InChI=1S/C22H22N4O3/c1-28-18-5-3-16(13-6-9-23-10-7-13)19-20(18)25-22(24-19)26-21(27)15-2-4-17-14(12-15)8-11-29-17/h2-5,8,11-13,23H,6-7,9-10H2,1H3,(H2,24,25,26,27). The second-order valence-corrected chi connectivity index (χ2v) is 7.32. The molecule has 0 unspecified atom stereocenters. The first-order valence-corrected chi connectivity index (χ1v) is 9.79. The Bertz CT molecular complexity index is 1190. The highest BCUT2D eigenvalue weighted by atomic mass is 16.5. The van der Waals surface area contributed by atoms with Crippen molar-refractivity contribution in [3.05, 3.63) is 53.8 Å². The van der Waals surface area contributed by atoms with Gasteiger partial charge in [-0.3, -0.25) is 10.1 Å². The van der Waals surface area contributed by atoms with E-state index >= 15 is 0 Å². The van der Waals surface area contributed by atoms with Crippen molar-refractivity contribution in [3.8, 4) is 5.75 Å². The third-order valence-corrected chi connectivity index (χ3v) is 5.58. The molecule has 0 aliphatic carbocycles. The van der Waals surface area contributed by atoms with Crippen molar-refractivity contribution in [2.24, 2.45) is 0 Å². The first-order chi connectivity index (χ1) is 14.2. The van der Waals surface area contributed by atoms with Crippen LogP contribution in [0.15, 0.2) is 47.1 Å². The van der Waals surface area contributed by atoms with Gasteiger partial charge in [-0.05, 0) is 67.7 Å². The van der Waals surface area contributed by atoms with E-state index in [0.717, 1.165) is 47.9 Å². The van der Waals surface area contributed by atoms with E-state index < -0.39 is 0 Å². The molecule has 0 radical (unpaired) electrons. The Morgan fingerprint density at radius 3 is 2.90 bits per heavy atom. The highest BCUT2D eigenvalue weighted by molar-refractivity contribution is 6.06. The van der Waals surface area contributed by atoms with Crippen molar-refractivity contribution in [3.63, 3.8) is 0 Å². The summed E-state index contributed by atoms with van der Waals surface area (Å²) in [7, 11) is 1.64. The third-order valence-electron chi connectivity index (χ3n) is 5.58. The lowest BCUT2D eigenvalue weighted by Crippen LogP contribution is -2.26. The fraction of sp³-hybridized carbons (Fsp3) is 0.273. The summed E-state index contributed by atoms with van der Waals surface area (Å²) in [4.78, 5) is 20.7. The SMILES string of the molecule is COc1ccc(C2CCNCC2)c2nc(NC(=O)c3ccc4occc4c3)[nH]c12. The van der Waals surface area contributed by atoms with E-state index in [4.69, 9.17) is 14.1 Å². The number of nitrogens with zero attached hydrogens (tertiary/aromatic N) is 1. The molecule has 29 heavy (non-hydrogen) atoms. The van der Waals surface area contributed by atoms with Gasteiger partial charge in [0.2, 0.25) is 5.95 Å². The van der Waals surface area contributed by atoms with Gasteiger partial charge in [0, 0.05) is 10.9 Å². The Morgan fingerprint density at radius 2 is 2.07 bits per heavy atom. The van der Waals surface area contributed by atoms with Gasteiger partial charge in [-0.25, -0.2) is 4.98 Å². The number of carbonyl (C=O) groups is 1. The van der Waals surface area contributed by atoms with E-state index in [0.29, 0.717) is 23.2 Å². The number of benzene rings is 2. The van der Waals surface area contributed by atoms with E-state index in [1.165, 1.54) is 5.56 Å². The molecule has 3 N–H and O–H groups in total. The number of nitrogens with one attached hydrogen (secondary N) is 3. The molecule has 1 aliphatic heterocycles. The van der Waals surface area contributed by atoms with Crippen LogP contribution in [0.25, 0.3) is 22.0 Å². The van der Waals surface area contributed by atoms with Crippen LogP contribution in [-0.2, 0) is 0 Å². The van der Waals surface area contributed by atoms with Gasteiger partial charge in [-0.1, -0.05) is 6.07 Å². The summed E-state index contributed by atoms with van der Waals surface area (Å²) in [5.41, 5.74) is 4.16. The number of furan rings is 1. The number of aromatic nitrogens is 2. The minimum atomic E-state index is -0.227. The molecule has 0 atom stereocenters. The first-order valence-electron chi connectivity index (χ1n) is 9.79. The fourth-order valence-corrected chi connectivity index (χ4v) is 4.07. The number of fused-ring (bicyclic) bond motifs is 2. The quantitative estimate of drug-likeness (QED) is 0.489. The van der Waals surface area contributed by atoms with Gasteiger partial charge in [-0.15, -0.1) is 0 Å². The van der Waals surface area contributed by atoms with Crippen molar-refractivity contribution >= 4 is 33.9 Å². The summed E-state index contributed by atoms with van der Waals surface area (Å²) in [6, 6.07) is 11.2. The van der Waals surface area contributed by atoms with E-state index in [2.05, 4.69) is 21.7 Å². The Morgan fingerprint density at radius 1 is 1.21 bits per heavy atom. The summed E-state index contributed by atoms with van der Waals surface area (Å²) in [5, 5.41) is 7.17. The van der Waals surface area contributed by atoms with Gasteiger partial charge in [0.1, 0.15) is 16.8 Å². The van der Waals surface area contributed by atoms with Crippen LogP contribution < -0.4 is 15.4 Å². The van der Waals surface area contributed by atoms with E-state index in [-0.39, 0.29) is 5.91 Å². The van der Waals surface area contributed by atoms with Crippen LogP contribution in [-0.4, -0.2) is 36.1 Å². The molecule has 2 aromatic heterocycles. The molecular formula is C22H22N4O3. The summed E-state index contributed by atoms with van der Waals surface area (Å²) < 4.78 is 10.8. The number of methoxy groups -OCH3 is 1. The molecule has 2 aromatic carbocycles. The molecule has 0 saturated carbocycles. The number of anilines is 1. The predicted octanol–water partition coefficient (Wildman–Crippen LogP) is 4.04. The van der Waals surface area contributed by atoms with Gasteiger partial charge in [0.05, 0.1) is 18.9 Å². The van der Waals surface area contributed by atoms with Crippen LogP contribution in [0.2, 0.25) is 0 Å². The second-order valence-electron chi connectivity index (χ2n) is 7.32. The number of piperidine rings is 1. The summed E-state index contributed by atoms with van der Waals surface area (Å²) in [5.74, 6) is 1.34. The molecule has 3 heterocycles. The van der Waals surface area contributed by atoms with Crippen molar-refractivity contribution in [1.29, 1.82) is 0 Å². The molecule has 148 valence electrons. The van der Waals surface area contributed by atoms with Crippen molar-refractivity contribution < 1.29 is 13.9 Å². The maximum absolute atomic E-state index is 12.8. The highest BCUT2D eigenvalue weighted by Crippen LogP contribution is 2.35. The normalized spacial score (nSPS) is 15.1. The van der Waals surface area contributed by atoms with Crippen molar-refractivity contribution in [1.82, 2.24) is 15.3 Å². The lowest BCUT2D eigenvalue weighted by Gasteiger charge is -2.23. The number of rotatable bonds is 4. The van der Waals surface area contributed by atoms with Crippen LogP contribution in [0, 0.1) is 0 Å². The number of imidazole rings is 1. The maximum Gasteiger partial charge on any atom is 0.257 e. The number of hydrogen-bond acceptors (Lipinski definition) is 5. The molecule has 1 amide bonds. The molecule has 7 nitrogen and oxygen atoms in total. The Balaban J connectivity index is 1.48. The van der Waals surface area contributed by atoms with Crippen LogP contribution in [0.3, 0.4) is 0 Å². The van der Waals surface area contributed by atoms with Crippen LogP contribution in [0.5, 0.6) is 5.75 Å². The number of H-pyrrole nitrogens is 1. The number of carbonyl (C=O) groups excluding carboxylic acids is 1. The Hall–Kier alpha value is -3.32. The summed E-state index contributed by atoms with van der Waals surface area (Å²) in [6.45, 7) is 2.01. The fourth-order valence-electron chi connectivity index (χ4n) is 4.07. The summed E-state index contributed by atoms with van der Waals surface area (Å²) >= 11 is 0. The van der Waals surface area contributed by atoms with Gasteiger partial charge in [0.25, 0.3) is 5.91 Å². The average Bonchev–Trinajstić information content (AvgIpc) is 3.39. The minimum Gasteiger partial charge on any atom is -0.494 e. The molecular weight excluding hydrogens is 368 g/mol. The van der Waals surface area contributed by atoms with Gasteiger partial charge in [-0.2, -0.15) is 0 Å². The van der Waals surface area contributed by atoms with Gasteiger partial charge < -0.3 is 19.5 Å². The largest absolute Gasteiger partial charge is 0.494 e. The highest BCUT2D eigenvalue weighted by Gasteiger charge is 2.22. The zero-order valence-electron chi connectivity index (χ0n) is 16.1. The van der Waals surface area contributed by atoms with E-state index in [1.807, 2.05) is 12.1 Å². The Labute approximate surface area is 167 Å². The number of hydrogen-bond donors (Lipinski definition) is 3. The van der Waals surface area contributed by atoms with Crippen molar-refractivity contribution in [2.45, 2.75) is 18.8 Å². The monoisotopic (exact) mass is 390 g/mol. The molecule has 1 aliphatic rings. The van der Waals surface area contributed by atoms with E-state index in [9.17, 15) is 4.79 Å². The van der Waals surface area contributed by atoms with Gasteiger partial charge in [0.15, 0.2) is 0 Å². The Kier molecular flexibility index (Phi) is 4.44. The zero-order valence-corrected chi connectivity index (χ0v) is 16.1. The molecule has 0 spiro atoms. The lowest BCUT2D eigenvalue weighted by atomic mass is 9.89. The molecule has 4 aromatic rings. The topological polar surface area (TPSA) is 92.2 Å². The smallest absolute Gasteiger partial charge is 0.257 e. The van der Waals surface area contributed by atoms with Gasteiger partial charge >= 0.3 is 0 Å². The predicted molar refractivity (Wildman–Crippen MR) is 112 cm³/mol. The van der Waals surface area contributed by atoms with Crippen molar-refractivity contribution in [2.75, 3.05) is 25.5 Å². The minimum absolute atomic E-state index is 0.227. The molecule has 1 saturated heterocycles.